The van der Waals surface area contributed by atoms with Crippen LogP contribution in [0.2, 0.25) is 0 Å². The molecule has 0 saturated carbocycles. The summed E-state index contributed by atoms with van der Waals surface area (Å²) >= 11 is 1.74. The molecule has 72 valence electrons. The van der Waals surface area contributed by atoms with E-state index in [-0.39, 0.29) is 5.96 Å². The summed E-state index contributed by atoms with van der Waals surface area (Å²) in [6, 6.07) is 8.35. The number of thiophene rings is 1. The Morgan fingerprint density at radius 1 is 1.29 bits per heavy atom. The van der Waals surface area contributed by atoms with Crippen LogP contribution in [0.3, 0.4) is 0 Å². The van der Waals surface area contributed by atoms with Crippen molar-refractivity contribution in [1.82, 2.24) is 0 Å². The van der Waals surface area contributed by atoms with Crippen molar-refractivity contribution in [2.75, 3.05) is 0 Å². The van der Waals surface area contributed by atoms with Crippen molar-refractivity contribution in [2.45, 2.75) is 6.54 Å². The number of nitrogens with zero attached hydrogens (tertiary/aromatic N) is 1. The second-order valence-electron chi connectivity index (χ2n) is 3.03. The largest absolute Gasteiger partial charge is 0.370 e. The summed E-state index contributed by atoms with van der Waals surface area (Å²) in [5, 5.41) is 3.33. The summed E-state index contributed by atoms with van der Waals surface area (Å²) in [7, 11) is 0. The molecule has 0 saturated heterocycles. The molecule has 2 rings (SSSR count). The Morgan fingerprint density at radius 3 is 2.93 bits per heavy atom. The SMILES string of the molecule is NC(N)=NCc1ccc2sccc2c1. The number of hydrogen-bond donors (Lipinski definition) is 2. The molecule has 0 fully saturated rings. The van der Waals surface area contributed by atoms with Crippen LogP contribution >= 0.6 is 11.3 Å². The van der Waals surface area contributed by atoms with Gasteiger partial charge in [0.05, 0.1) is 6.54 Å². The van der Waals surface area contributed by atoms with Crippen LogP contribution in [0.25, 0.3) is 10.1 Å². The van der Waals surface area contributed by atoms with Crippen molar-refractivity contribution < 1.29 is 0 Å². The van der Waals surface area contributed by atoms with Crippen LogP contribution in [0.4, 0.5) is 0 Å². The zero-order valence-corrected chi connectivity index (χ0v) is 8.42. The summed E-state index contributed by atoms with van der Waals surface area (Å²) in [5.41, 5.74) is 11.7. The van der Waals surface area contributed by atoms with Gasteiger partial charge in [-0.15, -0.1) is 11.3 Å². The van der Waals surface area contributed by atoms with Crippen LogP contribution < -0.4 is 11.5 Å². The highest BCUT2D eigenvalue weighted by Crippen LogP contribution is 2.21. The van der Waals surface area contributed by atoms with Gasteiger partial charge in [0.1, 0.15) is 0 Å². The molecule has 0 spiro atoms. The second kappa shape index (κ2) is 3.67. The van der Waals surface area contributed by atoms with Crippen LogP contribution in [-0.2, 0) is 6.54 Å². The summed E-state index contributed by atoms with van der Waals surface area (Å²) in [4.78, 5) is 3.96. The average molecular weight is 205 g/mol. The Morgan fingerprint density at radius 2 is 2.14 bits per heavy atom. The predicted molar refractivity (Wildman–Crippen MR) is 61.3 cm³/mol. The Labute approximate surface area is 86.1 Å². The fraction of sp³-hybridized carbons (Fsp3) is 0.100. The molecular weight excluding hydrogens is 194 g/mol. The van der Waals surface area contributed by atoms with Gasteiger partial charge >= 0.3 is 0 Å². The molecule has 0 aliphatic heterocycles. The molecule has 0 amide bonds. The molecule has 4 heteroatoms. The van der Waals surface area contributed by atoms with Gasteiger partial charge in [0.25, 0.3) is 0 Å². The first-order chi connectivity index (χ1) is 6.75. The maximum atomic E-state index is 5.26. The molecule has 0 aliphatic rings. The van der Waals surface area contributed by atoms with E-state index in [0.717, 1.165) is 5.56 Å². The van der Waals surface area contributed by atoms with E-state index in [1.165, 1.54) is 10.1 Å². The lowest BCUT2D eigenvalue weighted by Gasteiger charge is -1.97. The summed E-state index contributed by atoms with van der Waals surface area (Å²) < 4.78 is 1.29. The van der Waals surface area contributed by atoms with Gasteiger partial charge < -0.3 is 11.5 Å². The van der Waals surface area contributed by atoms with Crippen molar-refractivity contribution in [3.63, 3.8) is 0 Å². The van der Waals surface area contributed by atoms with Crippen LogP contribution in [0.1, 0.15) is 5.56 Å². The number of hydrogen-bond acceptors (Lipinski definition) is 2. The molecule has 0 aliphatic carbocycles. The zero-order chi connectivity index (χ0) is 9.97. The number of aliphatic imine (C=N–C) groups is 1. The van der Waals surface area contributed by atoms with Gasteiger partial charge in [-0.25, -0.2) is 4.99 Å². The third-order valence-corrected chi connectivity index (χ3v) is 2.86. The molecular formula is C10H11N3S. The van der Waals surface area contributed by atoms with E-state index in [1.807, 2.05) is 6.07 Å². The lowest BCUT2D eigenvalue weighted by Crippen LogP contribution is -2.22. The third-order valence-electron chi connectivity index (χ3n) is 1.96. The standard InChI is InChI=1S/C10H11N3S/c11-10(12)13-6-7-1-2-9-8(5-7)3-4-14-9/h1-5H,6H2,(H4,11,12,13). The third kappa shape index (κ3) is 1.85. The number of rotatable bonds is 2. The minimum atomic E-state index is 0.135. The Kier molecular flexibility index (Phi) is 2.37. The molecule has 0 unspecified atom stereocenters. The first-order valence-corrected chi connectivity index (χ1v) is 5.15. The smallest absolute Gasteiger partial charge is 0.186 e. The highest BCUT2D eigenvalue weighted by atomic mass is 32.1. The van der Waals surface area contributed by atoms with E-state index in [9.17, 15) is 0 Å². The van der Waals surface area contributed by atoms with Gasteiger partial charge in [0, 0.05) is 4.70 Å². The first-order valence-electron chi connectivity index (χ1n) is 4.27. The lowest BCUT2D eigenvalue weighted by molar-refractivity contribution is 1.06. The van der Waals surface area contributed by atoms with Gasteiger partial charge in [-0.2, -0.15) is 0 Å². The van der Waals surface area contributed by atoms with Gasteiger partial charge in [0.2, 0.25) is 0 Å². The molecule has 1 heterocycles. The maximum absolute atomic E-state index is 5.26. The van der Waals surface area contributed by atoms with Gasteiger partial charge in [-0.05, 0) is 34.5 Å². The van der Waals surface area contributed by atoms with E-state index >= 15 is 0 Å². The normalized spacial score (nSPS) is 10.3. The van der Waals surface area contributed by atoms with Gasteiger partial charge in [-0.3, -0.25) is 0 Å². The summed E-state index contributed by atoms with van der Waals surface area (Å²) in [6.07, 6.45) is 0. The van der Waals surface area contributed by atoms with E-state index in [2.05, 4.69) is 28.6 Å². The van der Waals surface area contributed by atoms with Crippen molar-refractivity contribution >= 4 is 27.4 Å². The van der Waals surface area contributed by atoms with Gasteiger partial charge in [0.15, 0.2) is 5.96 Å². The Balaban J connectivity index is 2.30. The van der Waals surface area contributed by atoms with E-state index in [4.69, 9.17) is 11.5 Å². The monoisotopic (exact) mass is 205 g/mol. The minimum Gasteiger partial charge on any atom is -0.370 e. The molecule has 2 aromatic rings. The maximum Gasteiger partial charge on any atom is 0.186 e. The first kappa shape index (κ1) is 9.02. The summed E-state index contributed by atoms with van der Waals surface area (Å²) in [6.45, 7) is 0.550. The molecule has 0 bridgehead atoms. The minimum absolute atomic E-state index is 0.135. The van der Waals surface area contributed by atoms with E-state index < -0.39 is 0 Å². The molecule has 4 N–H and O–H groups in total. The second-order valence-corrected chi connectivity index (χ2v) is 3.98. The Bertz CT molecular complexity index is 469. The quantitative estimate of drug-likeness (QED) is 0.578. The predicted octanol–water partition coefficient (Wildman–Crippen LogP) is 1.67. The lowest BCUT2D eigenvalue weighted by atomic mass is 10.2. The zero-order valence-electron chi connectivity index (χ0n) is 7.60. The molecule has 1 aromatic carbocycles. The van der Waals surface area contributed by atoms with Crippen molar-refractivity contribution in [3.8, 4) is 0 Å². The fourth-order valence-corrected chi connectivity index (χ4v) is 2.07. The van der Waals surface area contributed by atoms with E-state index in [0.29, 0.717) is 6.54 Å². The van der Waals surface area contributed by atoms with Crippen LogP contribution in [0.15, 0.2) is 34.6 Å². The molecule has 3 nitrogen and oxygen atoms in total. The molecule has 0 atom stereocenters. The molecule has 14 heavy (non-hydrogen) atoms. The fourth-order valence-electron chi connectivity index (χ4n) is 1.30. The average Bonchev–Trinajstić information content (AvgIpc) is 2.61. The molecule has 1 aromatic heterocycles. The number of benzene rings is 1. The number of nitrogens with two attached hydrogens (primary N) is 2. The number of guanidine groups is 1. The van der Waals surface area contributed by atoms with Crippen LogP contribution in [-0.4, -0.2) is 5.96 Å². The van der Waals surface area contributed by atoms with Crippen molar-refractivity contribution in [1.29, 1.82) is 0 Å². The molecule has 0 radical (unpaired) electrons. The Hall–Kier alpha value is -1.55. The number of fused-ring (bicyclic) bond motifs is 1. The highest BCUT2D eigenvalue weighted by molar-refractivity contribution is 7.17. The van der Waals surface area contributed by atoms with Gasteiger partial charge in [-0.1, -0.05) is 6.07 Å². The van der Waals surface area contributed by atoms with Crippen LogP contribution in [0.5, 0.6) is 0 Å². The highest BCUT2D eigenvalue weighted by Gasteiger charge is 1.96. The van der Waals surface area contributed by atoms with Crippen molar-refractivity contribution in [3.05, 3.63) is 35.2 Å². The summed E-state index contributed by atoms with van der Waals surface area (Å²) in [5.74, 6) is 0.135. The van der Waals surface area contributed by atoms with Crippen molar-refractivity contribution in [2.24, 2.45) is 16.5 Å². The van der Waals surface area contributed by atoms with Crippen LogP contribution in [0, 0.1) is 0 Å². The van der Waals surface area contributed by atoms with E-state index in [1.54, 1.807) is 11.3 Å². The topological polar surface area (TPSA) is 64.4 Å².